The van der Waals surface area contributed by atoms with E-state index in [1.165, 1.54) is 0 Å². The summed E-state index contributed by atoms with van der Waals surface area (Å²) in [6.07, 6.45) is 6.08. The van der Waals surface area contributed by atoms with Gasteiger partial charge in [0.2, 0.25) is 0 Å². The van der Waals surface area contributed by atoms with Crippen molar-refractivity contribution in [3.8, 4) is 0 Å². The summed E-state index contributed by atoms with van der Waals surface area (Å²) in [4.78, 5) is 11.0. The molecule has 0 aliphatic heterocycles. The summed E-state index contributed by atoms with van der Waals surface area (Å²) in [5, 5.41) is 23.7. The number of hydrogen-bond donors (Lipinski definition) is 2. The van der Waals surface area contributed by atoms with Crippen LogP contribution in [-0.4, -0.2) is 32.6 Å². The van der Waals surface area contributed by atoms with Gasteiger partial charge in [-0.1, -0.05) is 6.07 Å². The van der Waals surface area contributed by atoms with Gasteiger partial charge in [-0.25, -0.2) is 4.79 Å². The minimum Gasteiger partial charge on any atom is -0.478 e. The van der Waals surface area contributed by atoms with E-state index in [0.29, 0.717) is 12.0 Å². The highest BCUT2D eigenvalue weighted by atomic mass is 16.4. The maximum absolute atomic E-state index is 11.0. The highest BCUT2D eigenvalue weighted by molar-refractivity contribution is 5.92. The number of aliphatic hydroxyl groups is 1. The highest BCUT2D eigenvalue weighted by Crippen LogP contribution is 2.32. The van der Waals surface area contributed by atoms with Crippen LogP contribution in [-0.2, 0) is 0 Å². The molecule has 0 amide bonds. The zero-order valence-corrected chi connectivity index (χ0v) is 11.2. The minimum atomic E-state index is -0.926. The standard InChI is InChI=1S/C15H18N2O3/c18-9-10-1-5-13(6-2-10)17-8-12-4-3-11(15(19)20)7-14(12)16-17/h3-4,7-8,10,13,18H,1-2,5-6,9H2,(H,19,20)/t10-,13-. The van der Waals surface area contributed by atoms with E-state index in [1.807, 2.05) is 16.9 Å². The number of aromatic nitrogens is 2. The summed E-state index contributed by atoms with van der Waals surface area (Å²) in [5.41, 5.74) is 1.00. The number of carboxylic acids is 1. The number of carbonyl (C=O) groups is 1. The summed E-state index contributed by atoms with van der Waals surface area (Å²) < 4.78 is 1.96. The summed E-state index contributed by atoms with van der Waals surface area (Å²) in [6.45, 7) is 0.274. The molecule has 0 unspecified atom stereocenters. The molecular formula is C15H18N2O3. The first-order chi connectivity index (χ1) is 9.67. The first kappa shape index (κ1) is 13.1. The zero-order chi connectivity index (χ0) is 14.1. The zero-order valence-electron chi connectivity index (χ0n) is 11.2. The molecule has 1 aliphatic rings. The van der Waals surface area contributed by atoms with Crippen LogP contribution < -0.4 is 0 Å². The Bertz CT molecular complexity index is 627. The molecule has 5 heteroatoms. The molecule has 0 saturated heterocycles. The molecule has 0 bridgehead atoms. The van der Waals surface area contributed by atoms with Gasteiger partial charge < -0.3 is 10.2 Å². The van der Waals surface area contributed by atoms with E-state index in [9.17, 15) is 4.79 Å². The Morgan fingerprint density at radius 2 is 2.05 bits per heavy atom. The third-order valence-corrected chi connectivity index (χ3v) is 4.22. The largest absolute Gasteiger partial charge is 0.478 e. The van der Waals surface area contributed by atoms with E-state index >= 15 is 0 Å². The van der Waals surface area contributed by atoms with E-state index < -0.39 is 5.97 Å². The van der Waals surface area contributed by atoms with Crippen LogP contribution in [0, 0.1) is 5.92 Å². The normalized spacial score (nSPS) is 23.1. The highest BCUT2D eigenvalue weighted by Gasteiger charge is 2.22. The number of benzene rings is 1. The number of carboxylic acid groups (broad SMARTS) is 1. The summed E-state index contributed by atoms with van der Waals surface area (Å²) in [5.74, 6) is -0.500. The third-order valence-electron chi connectivity index (χ3n) is 4.22. The molecule has 0 radical (unpaired) electrons. The van der Waals surface area contributed by atoms with Gasteiger partial charge in [-0.15, -0.1) is 0 Å². The molecule has 20 heavy (non-hydrogen) atoms. The van der Waals surface area contributed by atoms with Crippen molar-refractivity contribution in [2.24, 2.45) is 5.92 Å². The second-order valence-corrected chi connectivity index (χ2v) is 5.54. The van der Waals surface area contributed by atoms with Crippen LogP contribution in [0.25, 0.3) is 10.9 Å². The lowest BCUT2D eigenvalue weighted by Gasteiger charge is -2.27. The second kappa shape index (κ2) is 5.25. The Labute approximate surface area is 116 Å². The van der Waals surface area contributed by atoms with Crippen molar-refractivity contribution >= 4 is 16.9 Å². The van der Waals surface area contributed by atoms with Gasteiger partial charge in [-0.05, 0) is 43.7 Å². The van der Waals surface area contributed by atoms with Crippen molar-refractivity contribution in [1.82, 2.24) is 9.78 Å². The Kier molecular flexibility index (Phi) is 3.44. The van der Waals surface area contributed by atoms with Gasteiger partial charge in [0.15, 0.2) is 0 Å². The fourth-order valence-electron chi connectivity index (χ4n) is 2.95. The lowest BCUT2D eigenvalue weighted by Crippen LogP contribution is -2.20. The topological polar surface area (TPSA) is 75.3 Å². The summed E-state index contributed by atoms with van der Waals surface area (Å²) in [7, 11) is 0. The van der Waals surface area contributed by atoms with Crippen molar-refractivity contribution in [3.63, 3.8) is 0 Å². The molecule has 0 atom stereocenters. The first-order valence-corrected chi connectivity index (χ1v) is 7.00. The van der Waals surface area contributed by atoms with Crippen molar-refractivity contribution in [3.05, 3.63) is 30.0 Å². The number of aromatic carboxylic acids is 1. The molecule has 1 aliphatic carbocycles. The molecule has 1 aromatic carbocycles. The van der Waals surface area contributed by atoms with Crippen LogP contribution in [0.3, 0.4) is 0 Å². The molecule has 2 aromatic rings. The van der Waals surface area contributed by atoms with Crippen LogP contribution in [0.4, 0.5) is 0 Å². The van der Waals surface area contributed by atoms with Gasteiger partial charge >= 0.3 is 5.97 Å². The third kappa shape index (κ3) is 2.41. The second-order valence-electron chi connectivity index (χ2n) is 5.54. The molecule has 1 aromatic heterocycles. The van der Waals surface area contributed by atoms with Crippen LogP contribution >= 0.6 is 0 Å². The lowest BCUT2D eigenvalue weighted by molar-refractivity contribution is 0.0697. The van der Waals surface area contributed by atoms with E-state index in [1.54, 1.807) is 12.1 Å². The minimum absolute atomic E-state index is 0.270. The molecule has 0 spiro atoms. The van der Waals surface area contributed by atoms with Crippen molar-refractivity contribution in [2.75, 3.05) is 6.61 Å². The fourth-order valence-corrected chi connectivity index (χ4v) is 2.95. The number of hydrogen-bond acceptors (Lipinski definition) is 3. The average Bonchev–Trinajstić information content (AvgIpc) is 2.90. The van der Waals surface area contributed by atoms with Crippen LogP contribution in [0.1, 0.15) is 42.1 Å². The fraction of sp³-hybridized carbons (Fsp3) is 0.467. The smallest absolute Gasteiger partial charge is 0.335 e. The number of rotatable bonds is 3. The molecule has 1 fully saturated rings. The monoisotopic (exact) mass is 274 g/mol. The SMILES string of the molecule is O=C(O)c1ccc2cn([C@H]3CC[C@H](CO)CC3)nc2c1. The summed E-state index contributed by atoms with van der Waals surface area (Å²) >= 11 is 0. The number of aliphatic hydroxyl groups excluding tert-OH is 1. The van der Waals surface area contributed by atoms with Gasteiger partial charge in [-0.2, -0.15) is 5.10 Å². The number of nitrogens with zero attached hydrogens (tertiary/aromatic N) is 2. The van der Waals surface area contributed by atoms with E-state index in [-0.39, 0.29) is 12.2 Å². The Morgan fingerprint density at radius 1 is 1.30 bits per heavy atom. The molecule has 1 saturated carbocycles. The predicted octanol–water partition coefficient (Wildman–Crippen LogP) is 2.46. The van der Waals surface area contributed by atoms with Gasteiger partial charge in [0, 0.05) is 18.2 Å². The lowest BCUT2D eigenvalue weighted by atomic mass is 9.87. The van der Waals surface area contributed by atoms with Gasteiger partial charge in [-0.3, -0.25) is 4.68 Å². The quantitative estimate of drug-likeness (QED) is 0.901. The predicted molar refractivity (Wildman–Crippen MR) is 74.8 cm³/mol. The maximum atomic E-state index is 11.0. The van der Waals surface area contributed by atoms with Crippen LogP contribution in [0.2, 0.25) is 0 Å². The van der Waals surface area contributed by atoms with Gasteiger partial charge in [0.25, 0.3) is 0 Å². The number of fused-ring (bicyclic) bond motifs is 1. The van der Waals surface area contributed by atoms with Crippen molar-refractivity contribution in [1.29, 1.82) is 0 Å². The van der Waals surface area contributed by atoms with Gasteiger partial charge in [0.05, 0.1) is 17.1 Å². The molecule has 1 heterocycles. The molecule has 5 nitrogen and oxygen atoms in total. The van der Waals surface area contributed by atoms with Gasteiger partial charge in [0.1, 0.15) is 0 Å². The maximum Gasteiger partial charge on any atom is 0.335 e. The Balaban J connectivity index is 1.84. The van der Waals surface area contributed by atoms with Crippen molar-refractivity contribution < 1.29 is 15.0 Å². The molecule has 3 rings (SSSR count). The first-order valence-electron chi connectivity index (χ1n) is 7.00. The van der Waals surface area contributed by atoms with E-state index in [4.69, 9.17) is 10.2 Å². The summed E-state index contributed by atoms with van der Waals surface area (Å²) in [6, 6.07) is 5.40. The molecular weight excluding hydrogens is 256 g/mol. The Morgan fingerprint density at radius 3 is 2.70 bits per heavy atom. The van der Waals surface area contributed by atoms with Crippen LogP contribution in [0.15, 0.2) is 24.4 Å². The van der Waals surface area contributed by atoms with Crippen molar-refractivity contribution in [2.45, 2.75) is 31.7 Å². The molecule has 2 N–H and O–H groups in total. The average molecular weight is 274 g/mol. The molecule has 106 valence electrons. The van der Waals surface area contributed by atoms with E-state index in [0.717, 1.165) is 36.6 Å². The van der Waals surface area contributed by atoms with Crippen LogP contribution in [0.5, 0.6) is 0 Å². The Hall–Kier alpha value is -1.88. The van der Waals surface area contributed by atoms with E-state index in [2.05, 4.69) is 5.10 Å².